The second kappa shape index (κ2) is 8.13. The van der Waals surface area contributed by atoms with Crippen LogP contribution < -0.4 is 0 Å². The Balaban J connectivity index is 2.56. The van der Waals surface area contributed by atoms with Crippen LogP contribution in [0.15, 0.2) is 24.3 Å². The average Bonchev–Trinajstić information content (AvgIpc) is 2.34. The second-order valence-corrected chi connectivity index (χ2v) is 4.35. The molecule has 0 heterocycles. The molecule has 2 heteroatoms. The molecular formula is C15H24O2. The Hall–Kier alpha value is -1.02. The summed E-state index contributed by atoms with van der Waals surface area (Å²) in [6.07, 6.45) is 5.96. The molecule has 2 nitrogen and oxygen atoms in total. The van der Waals surface area contributed by atoms with E-state index < -0.39 is 0 Å². The van der Waals surface area contributed by atoms with Gasteiger partial charge in [-0.25, -0.2) is 0 Å². The van der Waals surface area contributed by atoms with Crippen molar-refractivity contribution in [1.29, 1.82) is 0 Å². The predicted octanol–water partition coefficient (Wildman–Crippen LogP) is 4.44. The number of benzene rings is 1. The van der Waals surface area contributed by atoms with Crippen molar-refractivity contribution in [3.63, 3.8) is 0 Å². The fourth-order valence-corrected chi connectivity index (χ4v) is 2.05. The second-order valence-electron chi connectivity index (χ2n) is 4.35. The van der Waals surface area contributed by atoms with Crippen LogP contribution in [0.25, 0.3) is 0 Å². The van der Waals surface area contributed by atoms with Crippen molar-refractivity contribution in [2.75, 3.05) is 6.61 Å². The molecule has 0 fully saturated rings. The highest BCUT2D eigenvalue weighted by atomic mass is 16.5. The van der Waals surface area contributed by atoms with Crippen molar-refractivity contribution in [3.05, 3.63) is 29.8 Å². The van der Waals surface area contributed by atoms with Crippen LogP contribution in [0.4, 0.5) is 0 Å². The van der Waals surface area contributed by atoms with Gasteiger partial charge in [-0.2, -0.15) is 0 Å². The number of rotatable bonds is 8. The molecule has 1 atom stereocenters. The van der Waals surface area contributed by atoms with Gasteiger partial charge in [0.25, 0.3) is 0 Å². The van der Waals surface area contributed by atoms with E-state index in [1.807, 2.05) is 25.1 Å². The highest BCUT2D eigenvalue weighted by Gasteiger charge is 2.14. The molecule has 1 aromatic rings. The molecule has 1 aromatic carbocycles. The number of ether oxygens (including phenoxy) is 1. The first kappa shape index (κ1) is 14.0. The lowest BCUT2D eigenvalue weighted by Gasteiger charge is -2.18. The van der Waals surface area contributed by atoms with Crippen LogP contribution in [0.2, 0.25) is 0 Å². The van der Waals surface area contributed by atoms with Gasteiger partial charge in [-0.1, -0.05) is 50.8 Å². The van der Waals surface area contributed by atoms with E-state index in [4.69, 9.17) is 4.74 Å². The lowest BCUT2D eigenvalue weighted by atomic mass is 10.0. The van der Waals surface area contributed by atoms with E-state index >= 15 is 0 Å². The molecule has 0 aromatic heterocycles. The Morgan fingerprint density at radius 3 is 2.53 bits per heavy atom. The molecule has 0 aliphatic carbocycles. The zero-order valence-corrected chi connectivity index (χ0v) is 11.0. The lowest BCUT2D eigenvalue weighted by molar-refractivity contribution is 0.0526. The Labute approximate surface area is 105 Å². The van der Waals surface area contributed by atoms with Gasteiger partial charge in [-0.3, -0.25) is 0 Å². The average molecular weight is 236 g/mol. The zero-order valence-electron chi connectivity index (χ0n) is 11.0. The van der Waals surface area contributed by atoms with Gasteiger partial charge in [0.2, 0.25) is 0 Å². The van der Waals surface area contributed by atoms with E-state index in [1.165, 1.54) is 19.3 Å². The molecule has 0 spiro atoms. The number of phenolic OH excluding ortho intramolecular Hbond substituents is 1. The molecule has 0 radical (unpaired) electrons. The fraction of sp³-hybridized carbons (Fsp3) is 0.600. The highest BCUT2D eigenvalue weighted by Crippen LogP contribution is 2.30. The van der Waals surface area contributed by atoms with Gasteiger partial charge in [0.05, 0.1) is 6.10 Å². The molecule has 17 heavy (non-hydrogen) atoms. The molecule has 1 N–H and O–H groups in total. The number of aromatic hydroxyl groups is 1. The van der Waals surface area contributed by atoms with E-state index in [0.717, 1.165) is 18.4 Å². The Morgan fingerprint density at radius 1 is 1.12 bits per heavy atom. The minimum atomic E-state index is 0.0399. The number of para-hydroxylation sites is 1. The maximum atomic E-state index is 9.83. The maximum absolute atomic E-state index is 9.83. The molecule has 0 aliphatic rings. The first-order valence-corrected chi connectivity index (χ1v) is 6.69. The number of phenols is 1. The topological polar surface area (TPSA) is 29.5 Å². The van der Waals surface area contributed by atoms with Crippen molar-refractivity contribution in [2.45, 2.75) is 52.1 Å². The Bertz CT molecular complexity index is 310. The molecule has 0 amide bonds. The van der Waals surface area contributed by atoms with Crippen LogP contribution in [0, 0.1) is 0 Å². The summed E-state index contributed by atoms with van der Waals surface area (Å²) in [4.78, 5) is 0. The van der Waals surface area contributed by atoms with Crippen LogP contribution in [0.1, 0.15) is 57.6 Å². The van der Waals surface area contributed by atoms with Crippen molar-refractivity contribution in [2.24, 2.45) is 0 Å². The summed E-state index contributed by atoms with van der Waals surface area (Å²) < 4.78 is 5.73. The summed E-state index contributed by atoms with van der Waals surface area (Å²) in [5.41, 5.74) is 0.922. The highest BCUT2D eigenvalue weighted by molar-refractivity contribution is 5.33. The molecule has 0 aliphatic heterocycles. The third kappa shape index (κ3) is 4.78. The summed E-state index contributed by atoms with van der Waals surface area (Å²) in [7, 11) is 0. The number of hydrogen-bond donors (Lipinski definition) is 1. The van der Waals surface area contributed by atoms with Gasteiger partial charge in [0, 0.05) is 12.2 Å². The monoisotopic (exact) mass is 236 g/mol. The Morgan fingerprint density at radius 2 is 1.88 bits per heavy atom. The summed E-state index contributed by atoms with van der Waals surface area (Å²) in [5, 5.41) is 9.83. The third-order valence-electron chi connectivity index (χ3n) is 2.97. The van der Waals surface area contributed by atoms with E-state index in [0.29, 0.717) is 12.4 Å². The van der Waals surface area contributed by atoms with Crippen LogP contribution in [0.3, 0.4) is 0 Å². The van der Waals surface area contributed by atoms with E-state index in [2.05, 4.69) is 6.92 Å². The molecule has 96 valence electrons. The van der Waals surface area contributed by atoms with Crippen molar-refractivity contribution >= 4 is 0 Å². The third-order valence-corrected chi connectivity index (χ3v) is 2.97. The standard InChI is InChI=1S/C15H24O2/c1-3-5-6-7-12-15(17-4-2)13-10-8-9-11-14(13)16/h8-11,15-16H,3-7,12H2,1-2H3. The first-order valence-electron chi connectivity index (χ1n) is 6.69. The molecule has 1 unspecified atom stereocenters. The maximum Gasteiger partial charge on any atom is 0.121 e. The number of unbranched alkanes of at least 4 members (excludes halogenated alkanes) is 3. The van der Waals surface area contributed by atoms with Crippen molar-refractivity contribution in [3.8, 4) is 5.75 Å². The van der Waals surface area contributed by atoms with Gasteiger partial charge in [0.15, 0.2) is 0 Å². The molecular weight excluding hydrogens is 212 g/mol. The SMILES string of the molecule is CCCCCCC(OCC)c1ccccc1O. The minimum Gasteiger partial charge on any atom is -0.508 e. The molecule has 1 rings (SSSR count). The first-order chi connectivity index (χ1) is 8.29. The minimum absolute atomic E-state index is 0.0399. The van der Waals surface area contributed by atoms with Gasteiger partial charge in [-0.15, -0.1) is 0 Å². The van der Waals surface area contributed by atoms with Gasteiger partial charge < -0.3 is 9.84 Å². The molecule has 0 bridgehead atoms. The summed E-state index contributed by atoms with van der Waals surface area (Å²) >= 11 is 0. The lowest BCUT2D eigenvalue weighted by Crippen LogP contribution is -2.04. The smallest absolute Gasteiger partial charge is 0.121 e. The van der Waals surface area contributed by atoms with Crippen LogP contribution in [-0.2, 0) is 4.74 Å². The number of hydrogen-bond acceptors (Lipinski definition) is 2. The Kier molecular flexibility index (Phi) is 6.71. The molecule has 0 saturated heterocycles. The largest absolute Gasteiger partial charge is 0.508 e. The van der Waals surface area contributed by atoms with Crippen LogP contribution in [0.5, 0.6) is 5.75 Å². The van der Waals surface area contributed by atoms with E-state index in [9.17, 15) is 5.11 Å². The van der Waals surface area contributed by atoms with Gasteiger partial charge in [-0.05, 0) is 19.4 Å². The quantitative estimate of drug-likeness (QED) is 0.676. The summed E-state index contributed by atoms with van der Waals surface area (Å²) in [6, 6.07) is 7.48. The van der Waals surface area contributed by atoms with Crippen molar-refractivity contribution < 1.29 is 9.84 Å². The zero-order chi connectivity index (χ0) is 12.5. The molecule has 0 saturated carbocycles. The van der Waals surface area contributed by atoms with Crippen molar-refractivity contribution in [1.82, 2.24) is 0 Å². The van der Waals surface area contributed by atoms with E-state index in [-0.39, 0.29) is 6.10 Å². The van der Waals surface area contributed by atoms with Gasteiger partial charge in [0.1, 0.15) is 5.75 Å². The van der Waals surface area contributed by atoms with Crippen LogP contribution in [-0.4, -0.2) is 11.7 Å². The summed E-state index contributed by atoms with van der Waals surface area (Å²) in [6.45, 7) is 4.90. The van der Waals surface area contributed by atoms with Crippen LogP contribution >= 0.6 is 0 Å². The van der Waals surface area contributed by atoms with Gasteiger partial charge >= 0.3 is 0 Å². The van der Waals surface area contributed by atoms with E-state index in [1.54, 1.807) is 6.07 Å². The predicted molar refractivity (Wildman–Crippen MR) is 71.2 cm³/mol. The fourth-order valence-electron chi connectivity index (χ4n) is 2.05. The normalized spacial score (nSPS) is 12.6. The summed E-state index contributed by atoms with van der Waals surface area (Å²) in [5.74, 6) is 0.349.